The molecule has 170 valence electrons. The standard InChI is InChI=1S/C25H25Cl2N3.ClH.Fe/c1-14-10-16(3)24(20(26)12-14)28-18(5)22-8-7-9-23(30-22)19(6)29-25-17(4)11-15(2)13-21(25)27;;/h7-13H,1-6H3;1H;. The molecular formula is C25H26Cl3FeN3. The molecule has 0 radical (unpaired) electrons. The van der Waals surface area contributed by atoms with E-state index in [0.717, 1.165) is 56.4 Å². The van der Waals surface area contributed by atoms with Gasteiger partial charge in [-0.05, 0) is 88.1 Å². The molecule has 3 rings (SSSR count). The van der Waals surface area contributed by atoms with Gasteiger partial charge in [0.2, 0.25) is 0 Å². The molecule has 0 atom stereocenters. The van der Waals surface area contributed by atoms with Gasteiger partial charge in [0.15, 0.2) is 0 Å². The van der Waals surface area contributed by atoms with Crippen LogP contribution in [0.5, 0.6) is 0 Å². The van der Waals surface area contributed by atoms with E-state index >= 15 is 0 Å². The molecule has 0 unspecified atom stereocenters. The van der Waals surface area contributed by atoms with Crippen molar-refractivity contribution in [1.82, 2.24) is 4.98 Å². The average Bonchev–Trinajstić information content (AvgIpc) is 2.67. The Bertz CT molecular complexity index is 1050. The molecule has 0 amide bonds. The maximum absolute atomic E-state index is 6.42. The molecule has 1 heterocycles. The molecule has 0 aliphatic rings. The van der Waals surface area contributed by atoms with Gasteiger partial charge in [-0.3, -0.25) is 0 Å². The first kappa shape index (κ1) is 28.4. The zero-order chi connectivity index (χ0) is 22.0. The van der Waals surface area contributed by atoms with Crippen molar-refractivity contribution in [3.63, 3.8) is 0 Å². The Hall–Kier alpha value is -1.68. The van der Waals surface area contributed by atoms with Gasteiger partial charge in [0.1, 0.15) is 0 Å². The van der Waals surface area contributed by atoms with Gasteiger partial charge in [-0.2, -0.15) is 0 Å². The van der Waals surface area contributed by atoms with Crippen LogP contribution in [0.2, 0.25) is 10.0 Å². The van der Waals surface area contributed by atoms with Gasteiger partial charge in [-0.15, -0.1) is 12.4 Å². The Morgan fingerprint density at radius 3 is 1.44 bits per heavy atom. The van der Waals surface area contributed by atoms with Crippen LogP contribution in [0.4, 0.5) is 11.4 Å². The second kappa shape index (κ2) is 12.0. The molecule has 7 heteroatoms. The molecule has 0 saturated heterocycles. The molecule has 3 nitrogen and oxygen atoms in total. The summed E-state index contributed by atoms with van der Waals surface area (Å²) in [5.74, 6) is 0. The van der Waals surface area contributed by atoms with Crippen LogP contribution < -0.4 is 0 Å². The van der Waals surface area contributed by atoms with E-state index in [1.165, 1.54) is 0 Å². The molecule has 0 saturated carbocycles. The van der Waals surface area contributed by atoms with Gasteiger partial charge < -0.3 is 0 Å². The number of benzene rings is 2. The third-order valence-electron chi connectivity index (χ3n) is 4.85. The predicted octanol–water partition coefficient (Wildman–Crippen LogP) is 8.32. The van der Waals surface area contributed by atoms with Gasteiger partial charge in [-0.25, -0.2) is 15.0 Å². The molecule has 0 aliphatic carbocycles. The number of hydrogen-bond acceptors (Lipinski definition) is 3. The summed E-state index contributed by atoms with van der Waals surface area (Å²) in [7, 11) is 0. The molecule has 0 N–H and O–H groups in total. The van der Waals surface area contributed by atoms with Gasteiger partial charge in [-0.1, -0.05) is 41.4 Å². The molecule has 0 spiro atoms. The second-order valence-corrected chi connectivity index (χ2v) is 8.44. The summed E-state index contributed by atoms with van der Waals surface area (Å²) in [4.78, 5) is 14.3. The first-order valence-electron chi connectivity index (χ1n) is 9.77. The van der Waals surface area contributed by atoms with Crippen molar-refractivity contribution in [2.24, 2.45) is 9.98 Å². The first-order valence-corrected chi connectivity index (χ1v) is 10.5. The Kier molecular flexibility index (Phi) is 10.6. The number of aryl methyl sites for hydroxylation is 4. The minimum absolute atomic E-state index is 0. The number of halogens is 3. The van der Waals surface area contributed by atoms with Crippen LogP contribution in [-0.4, -0.2) is 16.4 Å². The Balaban J connectivity index is 0.00000256. The number of nitrogens with zero attached hydrogens (tertiary/aromatic N) is 3. The van der Waals surface area contributed by atoms with E-state index in [9.17, 15) is 0 Å². The summed E-state index contributed by atoms with van der Waals surface area (Å²) in [5, 5.41) is 1.29. The van der Waals surface area contributed by atoms with Crippen LogP contribution >= 0.6 is 35.6 Å². The summed E-state index contributed by atoms with van der Waals surface area (Å²) in [6, 6.07) is 13.8. The van der Waals surface area contributed by atoms with E-state index in [-0.39, 0.29) is 29.5 Å². The van der Waals surface area contributed by atoms with Gasteiger partial charge >= 0.3 is 0 Å². The largest absolute Gasteiger partial charge is 0.250 e. The van der Waals surface area contributed by atoms with E-state index < -0.39 is 0 Å². The van der Waals surface area contributed by atoms with E-state index in [1.807, 2.05) is 71.9 Å². The summed E-state index contributed by atoms with van der Waals surface area (Å²) in [5.41, 5.74) is 9.02. The molecule has 0 fully saturated rings. The maximum Gasteiger partial charge on any atom is 0.0849 e. The van der Waals surface area contributed by atoms with Crippen LogP contribution in [0.1, 0.15) is 47.5 Å². The van der Waals surface area contributed by atoms with Crippen molar-refractivity contribution in [1.29, 1.82) is 0 Å². The SMILES string of the molecule is CC(=Nc1c(C)cc(C)cc1Cl)c1cccc(C(C)=Nc2c(C)cc(C)cc2Cl)n1.Cl.[Fe]. The van der Waals surface area contributed by atoms with Crippen molar-refractivity contribution in [3.05, 3.63) is 86.2 Å². The molecule has 3 aromatic rings. The number of hydrogen-bond donors (Lipinski definition) is 0. The van der Waals surface area contributed by atoms with Gasteiger partial charge in [0.25, 0.3) is 0 Å². The van der Waals surface area contributed by atoms with Crippen LogP contribution in [0, 0.1) is 27.7 Å². The number of aromatic nitrogens is 1. The number of pyridine rings is 1. The zero-order valence-electron chi connectivity index (χ0n) is 18.9. The summed E-state index contributed by atoms with van der Waals surface area (Å²) < 4.78 is 0. The number of rotatable bonds is 4. The average molecular weight is 531 g/mol. The molecular weight excluding hydrogens is 505 g/mol. The van der Waals surface area contributed by atoms with Crippen LogP contribution in [0.15, 0.2) is 52.4 Å². The van der Waals surface area contributed by atoms with E-state index in [4.69, 9.17) is 38.2 Å². The Morgan fingerprint density at radius 1 is 0.719 bits per heavy atom. The van der Waals surface area contributed by atoms with Crippen LogP contribution in [-0.2, 0) is 17.1 Å². The third kappa shape index (κ3) is 6.66. The molecule has 1 aromatic heterocycles. The summed E-state index contributed by atoms with van der Waals surface area (Å²) in [6.07, 6.45) is 0. The fraction of sp³-hybridized carbons (Fsp3) is 0.240. The quantitative estimate of drug-likeness (QED) is 0.247. The second-order valence-electron chi connectivity index (χ2n) is 7.63. The fourth-order valence-electron chi connectivity index (χ4n) is 3.39. The van der Waals surface area contributed by atoms with Gasteiger partial charge in [0.05, 0.1) is 44.2 Å². The smallest absolute Gasteiger partial charge is 0.0849 e. The fourth-order valence-corrected chi connectivity index (χ4v) is 4.11. The Morgan fingerprint density at radius 2 is 1.09 bits per heavy atom. The third-order valence-corrected chi connectivity index (χ3v) is 5.42. The van der Waals surface area contributed by atoms with Gasteiger partial charge in [0, 0.05) is 17.1 Å². The minimum Gasteiger partial charge on any atom is -0.250 e. The van der Waals surface area contributed by atoms with E-state index in [1.54, 1.807) is 0 Å². The van der Waals surface area contributed by atoms with E-state index in [0.29, 0.717) is 10.0 Å². The van der Waals surface area contributed by atoms with E-state index in [2.05, 4.69) is 12.1 Å². The van der Waals surface area contributed by atoms with Crippen LogP contribution in [0.25, 0.3) is 0 Å². The molecule has 0 aliphatic heterocycles. The minimum atomic E-state index is 0. The maximum atomic E-state index is 6.42. The molecule has 2 aromatic carbocycles. The topological polar surface area (TPSA) is 37.6 Å². The summed E-state index contributed by atoms with van der Waals surface area (Å²) in [6.45, 7) is 12.0. The molecule has 0 bridgehead atoms. The van der Waals surface area contributed by atoms with Crippen molar-refractivity contribution in [3.8, 4) is 0 Å². The van der Waals surface area contributed by atoms with Crippen molar-refractivity contribution in [2.45, 2.75) is 41.5 Å². The normalized spacial score (nSPS) is 11.6. The zero-order valence-corrected chi connectivity index (χ0v) is 22.3. The first-order chi connectivity index (χ1) is 14.2. The monoisotopic (exact) mass is 529 g/mol. The molecule has 32 heavy (non-hydrogen) atoms. The summed E-state index contributed by atoms with van der Waals surface area (Å²) >= 11 is 12.8. The number of aliphatic imine (C=N–C) groups is 2. The Labute approximate surface area is 217 Å². The van der Waals surface area contributed by atoms with Crippen molar-refractivity contribution < 1.29 is 17.1 Å². The van der Waals surface area contributed by atoms with Crippen LogP contribution in [0.3, 0.4) is 0 Å². The van der Waals surface area contributed by atoms with Crippen molar-refractivity contribution in [2.75, 3.05) is 0 Å². The van der Waals surface area contributed by atoms with Crippen molar-refractivity contribution >= 4 is 58.4 Å². The predicted molar refractivity (Wildman–Crippen MR) is 137 cm³/mol.